The van der Waals surface area contributed by atoms with Crippen molar-refractivity contribution in [3.05, 3.63) is 35.9 Å². The lowest BCUT2D eigenvalue weighted by Crippen LogP contribution is -2.48. The molecule has 3 heteroatoms. The first-order valence-electron chi connectivity index (χ1n) is 6.47. The predicted octanol–water partition coefficient (Wildman–Crippen LogP) is 2.52. The second kappa shape index (κ2) is 5.34. The van der Waals surface area contributed by atoms with Crippen LogP contribution in [0.15, 0.2) is 30.3 Å². The molecule has 0 radical (unpaired) electrons. The summed E-state index contributed by atoms with van der Waals surface area (Å²) in [6.07, 6.45) is 0.984. The highest BCUT2D eigenvalue weighted by atomic mass is 16.2. The molecule has 0 bridgehead atoms. The first-order chi connectivity index (χ1) is 8.59. The Hall–Kier alpha value is -1.64. The van der Waals surface area contributed by atoms with Crippen LogP contribution in [0.1, 0.15) is 37.0 Å². The van der Waals surface area contributed by atoms with Crippen molar-refractivity contribution in [2.45, 2.75) is 32.7 Å². The molecule has 1 fully saturated rings. The van der Waals surface area contributed by atoms with E-state index in [2.05, 4.69) is 13.8 Å². The summed E-state index contributed by atoms with van der Waals surface area (Å²) in [5.41, 5.74) is 0.706. The molecule has 1 aromatic rings. The first kappa shape index (κ1) is 12.8. The zero-order valence-corrected chi connectivity index (χ0v) is 10.9. The van der Waals surface area contributed by atoms with E-state index in [9.17, 15) is 9.59 Å². The monoisotopic (exact) mass is 245 g/mol. The predicted molar refractivity (Wildman–Crippen MR) is 70.3 cm³/mol. The van der Waals surface area contributed by atoms with Crippen LogP contribution in [0.5, 0.6) is 0 Å². The van der Waals surface area contributed by atoms with E-state index in [1.807, 2.05) is 35.2 Å². The quantitative estimate of drug-likeness (QED) is 0.803. The molecule has 2 rings (SSSR count). The van der Waals surface area contributed by atoms with Crippen molar-refractivity contribution in [1.29, 1.82) is 0 Å². The lowest BCUT2D eigenvalue weighted by molar-refractivity contribution is -0.123. The standard InChI is InChI=1S/C15H19NO2/c1-11(2)14-10-13(17)8-9-16(14)15(18)12-6-4-3-5-7-12/h3-7,11,14H,8-10H2,1-2H3. The number of likely N-dealkylation sites (tertiary alicyclic amines) is 1. The zero-order valence-electron chi connectivity index (χ0n) is 10.9. The number of carbonyl (C=O) groups excluding carboxylic acids is 2. The Morgan fingerprint density at radius 1 is 1.28 bits per heavy atom. The number of nitrogens with zero attached hydrogens (tertiary/aromatic N) is 1. The molecular weight excluding hydrogens is 226 g/mol. The average Bonchev–Trinajstić information content (AvgIpc) is 2.39. The summed E-state index contributed by atoms with van der Waals surface area (Å²) in [4.78, 5) is 25.8. The van der Waals surface area contributed by atoms with E-state index in [1.54, 1.807) is 0 Å². The van der Waals surface area contributed by atoms with Crippen LogP contribution in [-0.2, 0) is 4.79 Å². The molecule has 0 aliphatic carbocycles. The van der Waals surface area contributed by atoms with Gasteiger partial charge < -0.3 is 4.90 Å². The van der Waals surface area contributed by atoms with Gasteiger partial charge in [0, 0.05) is 31.0 Å². The van der Waals surface area contributed by atoms with Gasteiger partial charge >= 0.3 is 0 Å². The van der Waals surface area contributed by atoms with Crippen molar-refractivity contribution in [2.24, 2.45) is 5.92 Å². The van der Waals surface area contributed by atoms with Crippen LogP contribution in [0, 0.1) is 5.92 Å². The molecule has 1 aromatic carbocycles. The number of hydrogen-bond acceptors (Lipinski definition) is 2. The van der Waals surface area contributed by atoms with Gasteiger partial charge in [-0.25, -0.2) is 0 Å². The van der Waals surface area contributed by atoms with E-state index in [-0.39, 0.29) is 17.7 Å². The maximum absolute atomic E-state index is 12.4. The number of benzene rings is 1. The Labute approximate surface area is 108 Å². The molecule has 1 unspecified atom stereocenters. The number of carbonyl (C=O) groups is 2. The van der Waals surface area contributed by atoms with E-state index >= 15 is 0 Å². The SMILES string of the molecule is CC(C)C1CC(=O)CCN1C(=O)c1ccccc1. The summed E-state index contributed by atoms with van der Waals surface area (Å²) in [6, 6.07) is 9.33. The van der Waals surface area contributed by atoms with Gasteiger partial charge in [-0.05, 0) is 18.1 Å². The molecule has 3 nitrogen and oxygen atoms in total. The second-order valence-corrected chi connectivity index (χ2v) is 5.17. The molecule has 96 valence electrons. The van der Waals surface area contributed by atoms with Gasteiger partial charge in [0.1, 0.15) is 5.78 Å². The largest absolute Gasteiger partial charge is 0.335 e. The van der Waals surface area contributed by atoms with Crippen LogP contribution in [-0.4, -0.2) is 29.2 Å². The molecule has 0 aromatic heterocycles. The van der Waals surface area contributed by atoms with Gasteiger partial charge in [-0.3, -0.25) is 9.59 Å². The van der Waals surface area contributed by atoms with Gasteiger partial charge in [0.25, 0.3) is 5.91 Å². The van der Waals surface area contributed by atoms with E-state index in [0.717, 1.165) is 0 Å². The summed E-state index contributed by atoms with van der Waals surface area (Å²) in [5.74, 6) is 0.620. The Morgan fingerprint density at radius 3 is 2.56 bits per heavy atom. The summed E-state index contributed by atoms with van der Waals surface area (Å²) >= 11 is 0. The van der Waals surface area contributed by atoms with Crippen LogP contribution in [0.3, 0.4) is 0 Å². The Bertz CT molecular complexity index is 439. The third-order valence-electron chi connectivity index (χ3n) is 3.52. The molecule has 0 saturated carbocycles. The molecule has 1 amide bonds. The molecule has 18 heavy (non-hydrogen) atoms. The fourth-order valence-electron chi connectivity index (χ4n) is 2.45. The molecule has 1 saturated heterocycles. The van der Waals surface area contributed by atoms with Gasteiger partial charge in [0.05, 0.1) is 0 Å². The third kappa shape index (κ3) is 2.61. The number of ketones is 1. The summed E-state index contributed by atoms with van der Waals surface area (Å²) in [6.45, 7) is 4.68. The number of piperidine rings is 1. The maximum atomic E-state index is 12.4. The van der Waals surface area contributed by atoms with Crippen LogP contribution in [0.2, 0.25) is 0 Å². The van der Waals surface area contributed by atoms with Crippen molar-refractivity contribution >= 4 is 11.7 Å². The van der Waals surface area contributed by atoms with Crippen molar-refractivity contribution < 1.29 is 9.59 Å². The minimum Gasteiger partial charge on any atom is -0.335 e. The highest BCUT2D eigenvalue weighted by molar-refractivity contribution is 5.95. The summed E-state index contributed by atoms with van der Waals surface area (Å²) in [5, 5.41) is 0. The molecule has 0 N–H and O–H groups in total. The maximum Gasteiger partial charge on any atom is 0.254 e. The smallest absolute Gasteiger partial charge is 0.254 e. The van der Waals surface area contributed by atoms with E-state index < -0.39 is 0 Å². The topological polar surface area (TPSA) is 37.4 Å². The van der Waals surface area contributed by atoms with Crippen LogP contribution < -0.4 is 0 Å². The number of rotatable bonds is 2. The van der Waals surface area contributed by atoms with E-state index in [4.69, 9.17) is 0 Å². The van der Waals surface area contributed by atoms with Crippen LogP contribution in [0.4, 0.5) is 0 Å². The lowest BCUT2D eigenvalue weighted by Gasteiger charge is -2.37. The average molecular weight is 245 g/mol. The highest BCUT2D eigenvalue weighted by Gasteiger charge is 2.32. The fraction of sp³-hybridized carbons (Fsp3) is 0.467. The Kier molecular flexibility index (Phi) is 3.80. The van der Waals surface area contributed by atoms with Gasteiger partial charge in [0.2, 0.25) is 0 Å². The van der Waals surface area contributed by atoms with Crippen molar-refractivity contribution in [3.8, 4) is 0 Å². The zero-order chi connectivity index (χ0) is 13.1. The number of Topliss-reactive ketones (excluding diaryl/α,β-unsaturated/α-hetero) is 1. The molecular formula is C15H19NO2. The molecule has 1 heterocycles. The molecule has 0 spiro atoms. The van der Waals surface area contributed by atoms with Gasteiger partial charge in [0.15, 0.2) is 0 Å². The second-order valence-electron chi connectivity index (χ2n) is 5.17. The van der Waals surface area contributed by atoms with Crippen molar-refractivity contribution in [2.75, 3.05) is 6.54 Å². The highest BCUT2D eigenvalue weighted by Crippen LogP contribution is 2.23. The molecule has 1 atom stereocenters. The van der Waals surface area contributed by atoms with Crippen LogP contribution >= 0.6 is 0 Å². The first-order valence-corrected chi connectivity index (χ1v) is 6.47. The number of hydrogen-bond donors (Lipinski definition) is 0. The number of amides is 1. The van der Waals surface area contributed by atoms with Gasteiger partial charge in [-0.2, -0.15) is 0 Å². The van der Waals surface area contributed by atoms with Crippen molar-refractivity contribution in [3.63, 3.8) is 0 Å². The normalized spacial score (nSPS) is 20.3. The Balaban J connectivity index is 2.20. The van der Waals surface area contributed by atoms with Gasteiger partial charge in [-0.1, -0.05) is 32.0 Å². The van der Waals surface area contributed by atoms with E-state index in [0.29, 0.717) is 30.9 Å². The minimum atomic E-state index is 0.0407. The fourth-order valence-corrected chi connectivity index (χ4v) is 2.45. The summed E-state index contributed by atoms with van der Waals surface area (Å²) < 4.78 is 0. The van der Waals surface area contributed by atoms with E-state index in [1.165, 1.54) is 0 Å². The Morgan fingerprint density at radius 2 is 1.94 bits per heavy atom. The molecule has 1 aliphatic heterocycles. The third-order valence-corrected chi connectivity index (χ3v) is 3.52. The molecule has 1 aliphatic rings. The van der Waals surface area contributed by atoms with Gasteiger partial charge in [-0.15, -0.1) is 0 Å². The van der Waals surface area contributed by atoms with Crippen LogP contribution in [0.25, 0.3) is 0 Å². The summed E-state index contributed by atoms with van der Waals surface area (Å²) in [7, 11) is 0. The van der Waals surface area contributed by atoms with Crippen molar-refractivity contribution in [1.82, 2.24) is 4.90 Å². The minimum absolute atomic E-state index is 0.0407. The lowest BCUT2D eigenvalue weighted by atomic mass is 9.91.